The predicted octanol–water partition coefficient (Wildman–Crippen LogP) is 4.23. The standard InChI is InChI=1S/C19H20ClNO/c1-19-13-21(10-14-6-3-2-4-7-14)11-17(19)15-8-5-9-18(20)16(15)12-22-19/h2-9,17H,10-13H2,1H3/t17-,19-/m0/s1. The highest BCUT2D eigenvalue weighted by Crippen LogP contribution is 2.45. The normalized spacial score (nSPS) is 27.5. The first-order valence-electron chi connectivity index (χ1n) is 7.83. The summed E-state index contributed by atoms with van der Waals surface area (Å²) in [7, 11) is 0. The van der Waals surface area contributed by atoms with E-state index in [0.717, 1.165) is 24.7 Å². The van der Waals surface area contributed by atoms with Gasteiger partial charge in [0, 0.05) is 30.6 Å². The fourth-order valence-corrected chi connectivity index (χ4v) is 4.13. The summed E-state index contributed by atoms with van der Waals surface area (Å²) in [6, 6.07) is 16.9. The second-order valence-electron chi connectivity index (χ2n) is 6.62. The lowest BCUT2D eigenvalue weighted by Gasteiger charge is -2.37. The largest absolute Gasteiger partial charge is 0.369 e. The van der Waals surface area contributed by atoms with Gasteiger partial charge < -0.3 is 4.74 Å². The fourth-order valence-electron chi connectivity index (χ4n) is 3.90. The van der Waals surface area contributed by atoms with Crippen molar-refractivity contribution in [2.75, 3.05) is 13.1 Å². The molecular weight excluding hydrogens is 294 g/mol. The van der Waals surface area contributed by atoms with Gasteiger partial charge in [0.1, 0.15) is 0 Å². The topological polar surface area (TPSA) is 12.5 Å². The molecule has 0 aromatic heterocycles. The molecule has 2 nitrogen and oxygen atoms in total. The average molecular weight is 314 g/mol. The van der Waals surface area contributed by atoms with Gasteiger partial charge in [0.2, 0.25) is 0 Å². The lowest BCUT2D eigenvalue weighted by atomic mass is 9.81. The molecule has 2 aliphatic rings. The van der Waals surface area contributed by atoms with Gasteiger partial charge in [0.25, 0.3) is 0 Å². The Labute approximate surface area is 136 Å². The average Bonchev–Trinajstić information content (AvgIpc) is 2.85. The predicted molar refractivity (Wildman–Crippen MR) is 89.1 cm³/mol. The van der Waals surface area contributed by atoms with Crippen molar-refractivity contribution in [1.29, 1.82) is 0 Å². The third kappa shape index (κ3) is 2.36. The van der Waals surface area contributed by atoms with Crippen molar-refractivity contribution >= 4 is 11.6 Å². The molecule has 0 unspecified atom stereocenters. The van der Waals surface area contributed by atoms with Gasteiger partial charge in [-0.1, -0.05) is 54.1 Å². The van der Waals surface area contributed by atoms with E-state index in [4.69, 9.17) is 16.3 Å². The molecule has 2 atom stereocenters. The molecule has 0 radical (unpaired) electrons. The Hall–Kier alpha value is -1.35. The minimum Gasteiger partial charge on any atom is -0.369 e. The molecule has 2 heterocycles. The van der Waals surface area contributed by atoms with E-state index in [1.807, 2.05) is 6.07 Å². The molecule has 114 valence electrons. The van der Waals surface area contributed by atoms with Gasteiger partial charge in [-0.05, 0) is 29.7 Å². The Bertz CT molecular complexity index is 687. The first-order valence-corrected chi connectivity index (χ1v) is 8.21. The van der Waals surface area contributed by atoms with Crippen molar-refractivity contribution in [3.8, 4) is 0 Å². The highest BCUT2D eigenvalue weighted by Gasteiger charge is 2.48. The van der Waals surface area contributed by atoms with E-state index in [1.165, 1.54) is 16.7 Å². The summed E-state index contributed by atoms with van der Waals surface area (Å²) in [4.78, 5) is 2.50. The minimum absolute atomic E-state index is 0.105. The highest BCUT2D eigenvalue weighted by molar-refractivity contribution is 6.31. The van der Waals surface area contributed by atoms with Gasteiger partial charge >= 0.3 is 0 Å². The van der Waals surface area contributed by atoms with Crippen molar-refractivity contribution in [1.82, 2.24) is 4.90 Å². The number of hydrogen-bond acceptors (Lipinski definition) is 2. The van der Waals surface area contributed by atoms with Gasteiger partial charge in [-0.2, -0.15) is 0 Å². The van der Waals surface area contributed by atoms with Crippen molar-refractivity contribution in [3.63, 3.8) is 0 Å². The van der Waals surface area contributed by atoms with Crippen LogP contribution < -0.4 is 0 Å². The van der Waals surface area contributed by atoms with Crippen LogP contribution in [-0.4, -0.2) is 23.6 Å². The molecule has 0 bridgehead atoms. The maximum absolute atomic E-state index is 6.35. The number of hydrogen-bond donors (Lipinski definition) is 0. The van der Waals surface area contributed by atoms with E-state index in [2.05, 4.69) is 54.3 Å². The molecule has 2 aliphatic heterocycles. The van der Waals surface area contributed by atoms with Crippen molar-refractivity contribution in [2.24, 2.45) is 0 Å². The molecule has 3 heteroatoms. The zero-order chi connectivity index (χ0) is 15.2. The maximum atomic E-state index is 6.35. The third-order valence-electron chi connectivity index (χ3n) is 5.04. The zero-order valence-corrected chi connectivity index (χ0v) is 13.5. The van der Waals surface area contributed by atoms with Crippen LogP contribution in [0.5, 0.6) is 0 Å². The molecule has 2 aromatic carbocycles. The first-order chi connectivity index (χ1) is 10.7. The highest BCUT2D eigenvalue weighted by atomic mass is 35.5. The summed E-state index contributed by atoms with van der Waals surface area (Å²) in [5.41, 5.74) is 3.80. The van der Waals surface area contributed by atoms with Crippen molar-refractivity contribution < 1.29 is 4.74 Å². The van der Waals surface area contributed by atoms with Gasteiger partial charge in [-0.25, -0.2) is 0 Å². The Morgan fingerprint density at radius 3 is 2.82 bits per heavy atom. The zero-order valence-electron chi connectivity index (χ0n) is 12.8. The third-order valence-corrected chi connectivity index (χ3v) is 5.40. The Balaban J connectivity index is 1.61. The Kier molecular flexibility index (Phi) is 3.48. The molecule has 0 amide bonds. The van der Waals surface area contributed by atoms with Crippen molar-refractivity contribution in [2.45, 2.75) is 31.6 Å². The molecule has 0 saturated carbocycles. The molecule has 22 heavy (non-hydrogen) atoms. The van der Waals surface area contributed by atoms with E-state index in [1.54, 1.807) is 0 Å². The first kappa shape index (κ1) is 14.3. The van der Waals surface area contributed by atoms with E-state index >= 15 is 0 Å². The van der Waals surface area contributed by atoms with Crippen LogP contribution in [0.25, 0.3) is 0 Å². The molecule has 4 rings (SSSR count). The number of halogens is 1. The van der Waals surface area contributed by atoms with Gasteiger partial charge in [0.05, 0.1) is 12.2 Å². The van der Waals surface area contributed by atoms with Crippen LogP contribution >= 0.6 is 11.6 Å². The van der Waals surface area contributed by atoms with Crippen molar-refractivity contribution in [3.05, 3.63) is 70.2 Å². The summed E-state index contributed by atoms with van der Waals surface area (Å²) in [5, 5.41) is 0.834. The molecule has 0 aliphatic carbocycles. The quantitative estimate of drug-likeness (QED) is 0.822. The number of nitrogens with zero attached hydrogens (tertiary/aromatic N) is 1. The van der Waals surface area contributed by atoms with Crippen LogP contribution in [0.15, 0.2) is 48.5 Å². The number of likely N-dealkylation sites (tertiary alicyclic amines) is 1. The van der Waals surface area contributed by atoms with E-state index < -0.39 is 0 Å². The summed E-state index contributed by atoms with van der Waals surface area (Å²) in [5.74, 6) is 0.402. The van der Waals surface area contributed by atoms with E-state index in [9.17, 15) is 0 Å². The second-order valence-corrected chi connectivity index (χ2v) is 7.02. The molecule has 1 saturated heterocycles. The van der Waals surface area contributed by atoms with Crippen LogP contribution in [0.3, 0.4) is 0 Å². The fraction of sp³-hybridized carbons (Fsp3) is 0.368. The molecule has 0 spiro atoms. The van der Waals surface area contributed by atoms with Crippen LogP contribution in [0, 0.1) is 0 Å². The monoisotopic (exact) mass is 313 g/mol. The lowest BCUT2D eigenvalue weighted by molar-refractivity contribution is -0.0567. The van der Waals surface area contributed by atoms with Gasteiger partial charge in [0.15, 0.2) is 0 Å². The van der Waals surface area contributed by atoms with Crippen LogP contribution in [0.2, 0.25) is 5.02 Å². The van der Waals surface area contributed by atoms with Crippen LogP contribution in [-0.2, 0) is 17.9 Å². The number of ether oxygens (including phenoxy) is 1. The van der Waals surface area contributed by atoms with Crippen LogP contribution in [0.1, 0.15) is 29.5 Å². The maximum Gasteiger partial charge on any atom is 0.0866 e. The smallest absolute Gasteiger partial charge is 0.0866 e. The number of benzene rings is 2. The Morgan fingerprint density at radius 1 is 1.18 bits per heavy atom. The second kappa shape index (κ2) is 5.38. The molecular formula is C19H20ClNO. The summed E-state index contributed by atoms with van der Waals surface area (Å²) in [6.45, 7) is 5.84. The molecule has 1 fully saturated rings. The molecule has 0 N–H and O–H groups in total. The molecule has 2 aromatic rings. The minimum atomic E-state index is -0.105. The summed E-state index contributed by atoms with van der Waals surface area (Å²) >= 11 is 6.35. The van der Waals surface area contributed by atoms with E-state index in [0.29, 0.717) is 12.5 Å². The Morgan fingerprint density at radius 2 is 2.00 bits per heavy atom. The summed E-state index contributed by atoms with van der Waals surface area (Å²) < 4.78 is 6.24. The SMILES string of the molecule is C[C@]12CN(Cc3ccccc3)C[C@H]1c1cccc(Cl)c1CO2. The van der Waals surface area contributed by atoms with E-state index in [-0.39, 0.29) is 5.60 Å². The van der Waals surface area contributed by atoms with Gasteiger partial charge in [-0.3, -0.25) is 4.90 Å². The summed E-state index contributed by atoms with van der Waals surface area (Å²) in [6.07, 6.45) is 0. The lowest BCUT2D eigenvalue weighted by Crippen LogP contribution is -2.40. The van der Waals surface area contributed by atoms with Crippen LogP contribution in [0.4, 0.5) is 0 Å². The number of rotatable bonds is 2. The van der Waals surface area contributed by atoms with Gasteiger partial charge in [-0.15, -0.1) is 0 Å². The number of fused-ring (bicyclic) bond motifs is 3.